The van der Waals surface area contributed by atoms with Crippen molar-refractivity contribution in [2.75, 3.05) is 13.1 Å². The molecule has 0 rings (SSSR count). The predicted molar refractivity (Wildman–Crippen MR) is 53.3 cm³/mol. The van der Waals surface area contributed by atoms with Gasteiger partial charge >= 0.3 is 0 Å². The average molecular weight is 192 g/mol. The van der Waals surface area contributed by atoms with Crippen molar-refractivity contribution in [2.24, 2.45) is 5.92 Å². The van der Waals surface area contributed by atoms with Crippen LogP contribution in [-0.4, -0.2) is 24.3 Å². The highest BCUT2D eigenvalue weighted by Crippen LogP contribution is 2.03. The predicted octanol–water partition coefficient (Wildman–Crippen LogP) is 1.74. The Kier molecular flexibility index (Phi) is 6.44. The molecule has 0 saturated carbocycles. The van der Waals surface area contributed by atoms with E-state index in [1.807, 2.05) is 0 Å². The normalized spacial score (nSPS) is 13.4. The molecule has 2 N–H and O–H groups in total. The fourth-order valence-corrected chi connectivity index (χ4v) is 1.10. The molecule has 1 atom stereocenters. The lowest BCUT2D eigenvalue weighted by Crippen LogP contribution is -2.28. The molecule has 0 aliphatic heterocycles. The second-order valence-electron chi connectivity index (χ2n) is 3.43. The van der Waals surface area contributed by atoms with Gasteiger partial charge in [-0.25, -0.2) is 0 Å². The van der Waals surface area contributed by atoms with Crippen molar-refractivity contribution in [3.8, 4) is 0 Å². The molecule has 12 heavy (non-hydrogen) atoms. The Morgan fingerprint density at radius 1 is 1.58 bits per heavy atom. The first kappa shape index (κ1) is 11.9. The van der Waals surface area contributed by atoms with Crippen LogP contribution in [0.2, 0.25) is 0 Å². The largest absolute Gasteiger partial charge is 0.392 e. The molecule has 0 bridgehead atoms. The van der Waals surface area contributed by atoms with E-state index in [1.54, 1.807) is 0 Å². The minimum atomic E-state index is -0.277. The van der Waals surface area contributed by atoms with Crippen LogP contribution in [0.5, 0.6) is 0 Å². The molecule has 0 heterocycles. The maximum atomic E-state index is 9.40. The second kappa shape index (κ2) is 6.46. The van der Waals surface area contributed by atoms with Gasteiger partial charge in [0.05, 0.1) is 6.10 Å². The molecule has 0 aromatic carbocycles. The fraction of sp³-hybridized carbons (Fsp3) is 0.778. The van der Waals surface area contributed by atoms with Gasteiger partial charge in [-0.15, -0.1) is 0 Å². The summed E-state index contributed by atoms with van der Waals surface area (Å²) >= 11 is 5.53. The molecular weight excluding hydrogens is 174 g/mol. The first-order valence-electron chi connectivity index (χ1n) is 4.24. The smallest absolute Gasteiger partial charge is 0.0667 e. The topological polar surface area (TPSA) is 32.3 Å². The zero-order valence-corrected chi connectivity index (χ0v) is 8.56. The van der Waals surface area contributed by atoms with Gasteiger partial charge in [-0.3, -0.25) is 0 Å². The maximum Gasteiger partial charge on any atom is 0.0667 e. The molecule has 0 saturated heterocycles. The molecule has 3 heteroatoms. The van der Waals surface area contributed by atoms with Crippen LogP contribution in [0.1, 0.15) is 20.3 Å². The van der Waals surface area contributed by atoms with Crippen molar-refractivity contribution < 1.29 is 5.11 Å². The molecule has 0 radical (unpaired) electrons. The standard InChI is InChI=1S/C9H18ClNO/c1-7(2)4-9(12)6-11-5-8(3)10/h7,9,11-12H,3-6H2,1-2H3. The zero-order valence-electron chi connectivity index (χ0n) is 7.81. The number of aliphatic hydroxyl groups excluding tert-OH is 1. The van der Waals surface area contributed by atoms with Crippen molar-refractivity contribution >= 4 is 11.6 Å². The molecule has 0 amide bonds. The SMILES string of the molecule is C=C(Cl)CNCC(O)CC(C)C. The van der Waals surface area contributed by atoms with E-state index >= 15 is 0 Å². The molecular formula is C9H18ClNO. The summed E-state index contributed by atoms with van der Waals surface area (Å²) in [5, 5.41) is 13.0. The first-order chi connectivity index (χ1) is 5.52. The van der Waals surface area contributed by atoms with E-state index in [1.165, 1.54) is 0 Å². The molecule has 72 valence electrons. The van der Waals surface area contributed by atoms with Gasteiger partial charge in [-0.2, -0.15) is 0 Å². The number of halogens is 1. The highest BCUT2D eigenvalue weighted by atomic mass is 35.5. The third-order valence-electron chi connectivity index (χ3n) is 1.44. The van der Waals surface area contributed by atoms with Crippen molar-refractivity contribution in [3.05, 3.63) is 11.6 Å². The summed E-state index contributed by atoms with van der Waals surface area (Å²) in [6, 6.07) is 0. The van der Waals surface area contributed by atoms with Gasteiger partial charge in [0.15, 0.2) is 0 Å². The Morgan fingerprint density at radius 3 is 2.58 bits per heavy atom. The number of rotatable bonds is 6. The molecule has 0 aliphatic carbocycles. The van der Waals surface area contributed by atoms with E-state index in [2.05, 4.69) is 25.7 Å². The van der Waals surface area contributed by atoms with Gasteiger partial charge in [0, 0.05) is 18.1 Å². The average Bonchev–Trinajstić information content (AvgIpc) is 1.84. The number of hydrogen-bond acceptors (Lipinski definition) is 2. The molecule has 0 aliphatic rings. The Balaban J connectivity index is 3.31. The fourth-order valence-electron chi connectivity index (χ4n) is 1.00. The van der Waals surface area contributed by atoms with Crippen molar-refractivity contribution in [3.63, 3.8) is 0 Å². The Labute approximate surface area is 79.6 Å². The van der Waals surface area contributed by atoms with Crippen LogP contribution in [0, 0.1) is 5.92 Å². The van der Waals surface area contributed by atoms with Crippen molar-refractivity contribution in [1.29, 1.82) is 0 Å². The minimum absolute atomic E-state index is 0.277. The molecule has 0 fully saturated rings. The van der Waals surface area contributed by atoms with E-state index in [0.717, 1.165) is 6.42 Å². The first-order valence-corrected chi connectivity index (χ1v) is 4.62. The highest BCUT2D eigenvalue weighted by Gasteiger charge is 2.05. The van der Waals surface area contributed by atoms with E-state index in [0.29, 0.717) is 24.0 Å². The summed E-state index contributed by atoms with van der Waals surface area (Å²) < 4.78 is 0. The Hall–Kier alpha value is -0.0500. The van der Waals surface area contributed by atoms with Gasteiger partial charge < -0.3 is 10.4 Å². The van der Waals surface area contributed by atoms with Gasteiger partial charge in [0.25, 0.3) is 0 Å². The molecule has 0 spiro atoms. The van der Waals surface area contributed by atoms with Gasteiger partial charge in [-0.05, 0) is 12.3 Å². The number of nitrogens with one attached hydrogen (secondary N) is 1. The van der Waals surface area contributed by atoms with Crippen LogP contribution in [-0.2, 0) is 0 Å². The zero-order chi connectivity index (χ0) is 9.56. The lowest BCUT2D eigenvalue weighted by molar-refractivity contribution is 0.147. The lowest BCUT2D eigenvalue weighted by atomic mass is 10.1. The summed E-state index contributed by atoms with van der Waals surface area (Å²) in [4.78, 5) is 0. The van der Waals surface area contributed by atoms with Crippen LogP contribution >= 0.6 is 11.6 Å². The summed E-state index contributed by atoms with van der Waals surface area (Å²) in [5.74, 6) is 0.529. The molecule has 0 aromatic rings. The van der Waals surface area contributed by atoms with Gasteiger partial charge in [0.2, 0.25) is 0 Å². The second-order valence-corrected chi connectivity index (χ2v) is 3.97. The van der Waals surface area contributed by atoms with Crippen LogP contribution in [0.4, 0.5) is 0 Å². The quantitative estimate of drug-likeness (QED) is 0.671. The summed E-state index contributed by atoms with van der Waals surface area (Å²) in [5.41, 5.74) is 0. The van der Waals surface area contributed by atoms with Crippen LogP contribution < -0.4 is 5.32 Å². The number of aliphatic hydroxyl groups is 1. The van der Waals surface area contributed by atoms with Crippen molar-refractivity contribution in [1.82, 2.24) is 5.32 Å². The van der Waals surface area contributed by atoms with E-state index < -0.39 is 0 Å². The van der Waals surface area contributed by atoms with Gasteiger partial charge in [0.1, 0.15) is 0 Å². The number of hydrogen-bond donors (Lipinski definition) is 2. The Bertz CT molecular complexity index is 136. The maximum absolute atomic E-state index is 9.40. The Morgan fingerprint density at radius 2 is 2.17 bits per heavy atom. The summed E-state index contributed by atoms with van der Waals surface area (Å²) in [6.45, 7) is 8.86. The van der Waals surface area contributed by atoms with Crippen molar-refractivity contribution in [2.45, 2.75) is 26.4 Å². The third-order valence-corrected chi connectivity index (χ3v) is 1.57. The van der Waals surface area contributed by atoms with Crippen LogP contribution in [0.3, 0.4) is 0 Å². The molecule has 0 aromatic heterocycles. The van der Waals surface area contributed by atoms with E-state index in [4.69, 9.17) is 11.6 Å². The molecule has 1 unspecified atom stereocenters. The lowest BCUT2D eigenvalue weighted by Gasteiger charge is -2.13. The summed E-state index contributed by atoms with van der Waals surface area (Å²) in [6.07, 6.45) is 0.544. The van der Waals surface area contributed by atoms with E-state index in [9.17, 15) is 5.11 Å². The highest BCUT2D eigenvalue weighted by molar-refractivity contribution is 6.29. The summed E-state index contributed by atoms with van der Waals surface area (Å²) in [7, 11) is 0. The molecule has 2 nitrogen and oxygen atoms in total. The monoisotopic (exact) mass is 191 g/mol. The van der Waals surface area contributed by atoms with Crippen LogP contribution in [0.25, 0.3) is 0 Å². The third kappa shape index (κ3) is 8.05. The van der Waals surface area contributed by atoms with Gasteiger partial charge in [-0.1, -0.05) is 32.0 Å². The van der Waals surface area contributed by atoms with Crippen LogP contribution in [0.15, 0.2) is 11.6 Å². The minimum Gasteiger partial charge on any atom is -0.392 e. The van der Waals surface area contributed by atoms with E-state index in [-0.39, 0.29) is 6.10 Å².